The molecule has 0 atom stereocenters. The second kappa shape index (κ2) is 5.92. The number of anilines is 1. The van der Waals surface area contributed by atoms with Gasteiger partial charge in [-0.05, 0) is 12.1 Å². The number of nitro benzene ring substituents is 1. The lowest BCUT2D eigenvalue weighted by Gasteiger charge is -2.07. The maximum absolute atomic E-state index is 13.0. The van der Waals surface area contributed by atoms with Gasteiger partial charge in [0.15, 0.2) is 0 Å². The first-order chi connectivity index (χ1) is 10.0. The number of rotatable bonds is 5. The van der Waals surface area contributed by atoms with Crippen LogP contribution in [-0.2, 0) is 0 Å². The Morgan fingerprint density at radius 1 is 1.33 bits per heavy atom. The van der Waals surface area contributed by atoms with Gasteiger partial charge in [0.2, 0.25) is 11.7 Å². The zero-order valence-electron chi connectivity index (χ0n) is 10.6. The van der Waals surface area contributed by atoms with Crippen molar-refractivity contribution in [1.29, 1.82) is 0 Å². The predicted molar refractivity (Wildman–Crippen MR) is 67.3 cm³/mol. The summed E-state index contributed by atoms with van der Waals surface area (Å²) >= 11 is 0. The highest BCUT2D eigenvalue weighted by atomic mass is 19.1. The van der Waals surface area contributed by atoms with Crippen molar-refractivity contribution in [1.82, 2.24) is 15.0 Å². The van der Waals surface area contributed by atoms with Gasteiger partial charge in [-0.15, -0.1) is 4.98 Å². The minimum absolute atomic E-state index is 0.0679. The van der Waals surface area contributed by atoms with Crippen LogP contribution in [0.3, 0.4) is 0 Å². The fourth-order valence-electron chi connectivity index (χ4n) is 1.36. The summed E-state index contributed by atoms with van der Waals surface area (Å²) in [5, 5.41) is 10.9. The highest BCUT2D eigenvalue weighted by Crippen LogP contribution is 2.31. The van der Waals surface area contributed by atoms with Gasteiger partial charge in [0.1, 0.15) is 5.82 Å². The van der Waals surface area contributed by atoms with Gasteiger partial charge >= 0.3 is 17.7 Å². The summed E-state index contributed by atoms with van der Waals surface area (Å²) < 4.78 is 23.0. The summed E-state index contributed by atoms with van der Waals surface area (Å²) in [7, 11) is 1.31. The van der Waals surface area contributed by atoms with E-state index in [4.69, 9.17) is 15.3 Å². The molecule has 21 heavy (non-hydrogen) atoms. The Kier molecular flexibility index (Phi) is 4.04. The lowest BCUT2D eigenvalue weighted by Crippen LogP contribution is -2.12. The molecule has 0 spiro atoms. The molecule has 3 N–H and O–H groups in total. The van der Waals surface area contributed by atoms with E-state index in [1.54, 1.807) is 0 Å². The number of nitro groups is 1. The van der Waals surface area contributed by atoms with E-state index >= 15 is 0 Å². The van der Waals surface area contributed by atoms with E-state index in [0.29, 0.717) is 0 Å². The van der Waals surface area contributed by atoms with Crippen molar-refractivity contribution in [2.24, 2.45) is 5.84 Å². The van der Waals surface area contributed by atoms with Crippen LogP contribution in [0.1, 0.15) is 0 Å². The van der Waals surface area contributed by atoms with Crippen molar-refractivity contribution in [2.45, 2.75) is 0 Å². The molecule has 0 unspecified atom stereocenters. The normalized spacial score (nSPS) is 10.0. The highest BCUT2D eigenvalue weighted by Gasteiger charge is 2.19. The SMILES string of the molecule is COc1nc(NN)nc(Oc2ccc(F)cc2[N+](=O)[O-])n1. The first-order valence-corrected chi connectivity index (χ1v) is 5.42. The minimum Gasteiger partial charge on any atom is -0.467 e. The molecular formula is C10H9FN6O4. The number of nitrogens with zero attached hydrogens (tertiary/aromatic N) is 4. The first kappa shape index (κ1) is 14.3. The number of hydrogen-bond acceptors (Lipinski definition) is 9. The summed E-state index contributed by atoms with van der Waals surface area (Å²) in [6, 6.07) is 2.39. The predicted octanol–water partition coefficient (Wildman–Crippen LogP) is 1.01. The monoisotopic (exact) mass is 296 g/mol. The zero-order chi connectivity index (χ0) is 15.4. The maximum atomic E-state index is 13.0. The summed E-state index contributed by atoms with van der Waals surface area (Å²) in [6.45, 7) is 0. The van der Waals surface area contributed by atoms with Crippen molar-refractivity contribution in [2.75, 3.05) is 12.5 Å². The fraction of sp³-hybridized carbons (Fsp3) is 0.100. The lowest BCUT2D eigenvalue weighted by atomic mass is 10.3. The van der Waals surface area contributed by atoms with Crippen LogP contribution in [-0.4, -0.2) is 27.0 Å². The first-order valence-electron chi connectivity index (χ1n) is 5.42. The molecule has 1 aromatic heterocycles. The Balaban J connectivity index is 2.40. The molecule has 11 heteroatoms. The summed E-state index contributed by atoms with van der Waals surface area (Å²) in [5.74, 6) is 4.08. The molecule has 2 rings (SSSR count). The number of benzene rings is 1. The number of hydrazine groups is 1. The molecule has 0 aliphatic rings. The molecule has 1 aromatic carbocycles. The third-order valence-corrected chi connectivity index (χ3v) is 2.22. The topological polar surface area (TPSA) is 138 Å². The van der Waals surface area contributed by atoms with Crippen molar-refractivity contribution in [3.63, 3.8) is 0 Å². The molecule has 10 nitrogen and oxygen atoms in total. The van der Waals surface area contributed by atoms with E-state index in [9.17, 15) is 14.5 Å². The molecule has 0 bridgehead atoms. The van der Waals surface area contributed by atoms with E-state index in [1.165, 1.54) is 7.11 Å². The van der Waals surface area contributed by atoms with Crippen LogP contribution in [0.15, 0.2) is 18.2 Å². The third kappa shape index (κ3) is 3.27. The van der Waals surface area contributed by atoms with Crippen LogP contribution in [0.25, 0.3) is 0 Å². The number of halogens is 1. The van der Waals surface area contributed by atoms with Gasteiger partial charge in [-0.3, -0.25) is 15.5 Å². The van der Waals surface area contributed by atoms with Gasteiger partial charge in [0.25, 0.3) is 0 Å². The summed E-state index contributed by atoms with van der Waals surface area (Å²) in [5.41, 5.74) is 1.59. The molecule has 110 valence electrons. The van der Waals surface area contributed by atoms with Gasteiger partial charge in [-0.25, -0.2) is 10.2 Å². The number of nitrogens with one attached hydrogen (secondary N) is 1. The minimum atomic E-state index is -0.793. The molecule has 0 radical (unpaired) electrons. The largest absolute Gasteiger partial charge is 0.467 e. The van der Waals surface area contributed by atoms with E-state index in [2.05, 4.69) is 20.4 Å². The molecule has 0 aliphatic carbocycles. The molecule has 0 fully saturated rings. The molecular weight excluding hydrogens is 287 g/mol. The Morgan fingerprint density at radius 3 is 2.67 bits per heavy atom. The smallest absolute Gasteiger partial charge is 0.330 e. The second-order valence-corrected chi connectivity index (χ2v) is 3.54. The van der Waals surface area contributed by atoms with E-state index in [0.717, 1.165) is 18.2 Å². The van der Waals surface area contributed by atoms with Gasteiger partial charge in [0, 0.05) is 0 Å². The van der Waals surface area contributed by atoms with Gasteiger partial charge in [-0.1, -0.05) is 0 Å². The van der Waals surface area contributed by atoms with Crippen LogP contribution in [0.4, 0.5) is 16.0 Å². The number of aromatic nitrogens is 3. The molecule has 0 aliphatic heterocycles. The van der Waals surface area contributed by atoms with E-state index < -0.39 is 16.4 Å². The maximum Gasteiger partial charge on any atom is 0.330 e. The van der Waals surface area contributed by atoms with Crippen LogP contribution < -0.4 is 20.7 Å². The van der Waals surface area contributed by atoms with Crippen molar-refractivity contribution in [3.05, 3.63) is 34.1 Å². The zero-order valence-corrected chi connectivity index (χ0v) is 10.6. The molecule has 0 amide bonds. The van der Waals surface area contributed by atoms with Crippen molar-refractivity contribution >= 4 is 11.6 Å². The Hall–Kier alpha value is -3.08. The summed E-state index contributed by atoms with van der Waals surface area (Å²) in [6.07, 6.45) is 0. The van der Waals surface area contributed by atoms with Crippen LogP contribution in [0.5, 0.6) is 17.8 Å². The standard InChI is InChI=1S/C10H9FN6O4/c1-20-9-13-8(16-12)14-10(15-9)21-7-3-2-5(11)4-6(7)17(18)19/h2-4H,12H2,1H3,(H,13,14,15,16). The van der Waals surface area contributed by atoms with Crippen LogP contribution in [0.2, 0.25) is 0 Å². The lowest BCUT2D eigenvalue weighted by molar-refractivity contribution is -0.385. The fourth-order valence-corrected chi connectivity index (χ4v) is 1.36. The van der Waals surface area contributed by atoms with Crippen LogP contribution in [0, 0.1) is 15.9 Å². The second-order valence-electron chi connectivity index (χ2n) is 3.54. The van der Waals surface area contributed by atoms with Crippen molar-refractivity contribution in [3.8, 4) is 17.8 Å². The van der Waals surface area contributed by atoms with Crippen molar-refractivity contribution < 1.29 is 18.8 Å². The van der Waals surface area contributed by atoms with E-state index in [1.807, 2.05) is 0 Å². The number of nitrogens with two attached hydrogens (primary N) is 1. The molecule has 0 saturated heterocycles. The average Bonchev–Trinajstić information content (AvgIpc) is 2.48. The molecule has 0 saturated carbocycles. The highest BCUT2D eigenvalue weighted by molar-refractivity contribution is 5.47. The molecule has 2 aromatic rings. The van der Waals surface area contributed by atoms with Gasteiger partial charge < -0.3 is 9.47 Å². The third-order valence-electron chi connectivity index (χ3n) is 2.22. The Labute approximate surface area is 116 Å². The van der Waals surface area contributed by atoms with Gasteiger partial charge in [-0.2, -0.15) is 9.97 Å². The quantitative estimate of drug-likeness (QED) is 0.470. The number of methoxy groups -OCH3 is 1. The van der Waals surface area contributed by atoms with Gasteiger partial charge in [0.05, 0.1) is 18.1 Å². The number of hydrogen-bond donors (Lipinski definition) is 2. The number of ether oxygens (including phenoxy) is 2. The molecule has 1 heterocycles. The number of nitrogen functional groups attached to an aromatic ring is 1. The van der Waals surface area contributed by atoms with E-state index in [-0.39, 0.29) is 23.7 Å². The van der Waals surface area contributed by atoms with Crippen LogP contribution >= 0.6 is 0 Å². The Morgan fingerprint density at radius 2 is 2.05 bits per heavy atom. The summed E-state index contributed by atoms with van der Waals surface area (Å²) in [4.78, 5) is 21.3. The average molecular weight is 296 g/mol. The Bertz CT molecular complexity index is 660.